The average molecular weight is 424 g/mol. The molecule has 0 aliphatic carbocycles. The van der Waals surface area contributed by atoms with Crippen molar-refractivity contribution in [2.75, 3.05) is 44.5 Å². The van der Waals surface area contributed by atoms with E-state index >= 15 is 0 Å². The molecule has 0 radical (unpaired) electrons. The molecule has 0 fully saturated rings. The Balaban J connectivity index is 0.00000363. The standard InChI is InChI=1S/C25H31N3O3.H2/c1-4-5-7-20-8-6-16-28(25(29)19-9-11-21(30-2)12-10-19)17-15-26-24-18-22(31-3)13-14-23(24)27-20;/h4-5,7,9-14,18,26-27H,6,8,15-17H2,1-3H3;1H/b5-4-,20-7-;. The molecule has 1 aliphatic heterocycles. The monoisotopic (exact) mass is 423 g/mol. The maximum absolute atomic E-state index is 13.1. The van der Waals surface area contributed by atoms with Gasteiger partial charge in [0.05, 0.1) is 25.6 Å². The molecule has 0 saturated carbocycles. The van der Waals surface area contributed by atoms with Crippen molar-refractivity contribution in [2.24, 2.45) is 0 Å². The van der Waals surface area contributed by atoms with Gasteiger partial charge in [-0.25, -0.2) is 0 Å². The van der Waals surface area contributed by atoms with Gasteiger partial charge in [0.2, 0.25) is 0 Å². The first-order valence-electron chi connectivity index (χ1n) is 10.6. The van der Waals surface area contributed by atoms with E-state index in [-0.39, 0.29) is 7.33 Å². The number of carbonyl (C=O) groups excluding carboxylic acids is 1. The second kappa shape index (κ2) is 11.1. The van der Waals surface area contributed by atoms with Crippen LogP contribution in [0.2, 0.25) is 0 Å². The molecule has 0 unspecified atom stereocenters. The van der Waals surface area contributed by atoms with Crippen molar-refractivity contribution in [3.8, 4) is 11.5 Å². The lowest BCUT2D eigenvalue weighted by Gasteiger charge is -2.23. The number of rotatable bonds is 4. The molecule has 6 heteroatoms. The zero-order valence-electron chi connectivity index (χ0n) is 18.5. The summed E-state index contributed by atoms with van der Waals surface area (Å²) in [5, 5.41) is 7.01. The smallest absolute Gasteiger partial charge is 0.253 e. The van der Waals surface area contributed by atoms with Gasteiger partial charge in [-0.2, -0.15) is 0 Å². The number of hydrogen-bond acceptors (Lipinski definition) is 5. The fourth-order valence-electron chi connectivity index (χ4n) is 3.50. The first-order valence-corrected chi connectivity index (χ1v) is 10.6. The normalized spacial score (nSPS) is 16.1. The van der Waals surface area contributed by atoms with Crippen LogP contribution in [0.15, 0.2) is 66.4 Å². The van der Waals surface area contributed by atoms with Crippen molar-refractivity contribution < 1.29 is 15.7 Å². The Hall–Kier alpha value is -3.41. The van der Waals surface area contributed by atoms with Gasteiger partial charge in [0.25, 0.3) is 5.91 Å². The van der Waals surface area contributed by atoms with E-state index in [9.17, 15) is 4.79 Å². The average Bonchev–Trinajstić information content (AvgIpc) is 2.85. The van der Waals surface area contributed by atoms with E-state index in [0.717, 1.165) is 41.4 Å². The molecule has 6 nitrogen and oxygen atoms in total. The molecule has 166 valence electrons. The lowest BCUT2D eigenvalue weighted by atomic mass is 10.1. The van der Waals surface area contributed by atoms with Crippen LogP contribution in [0.3, 0.4) is 0 Å². The largest absolute Gasteiger partial charge is 0.497 e. The van der Waals surface area contributed by atoms with Crippen LogP contribution in [0, 0.1) is 0 Å². The predicted molar refractivity (Wildman–Crippen MR) is 128 cm³/mol. The van der Waals surface area contributed by atoms with E-state index in [0.29, 0.717) is 25.2 Å². The van der Waals surface area contributed by atoms with E-state index in [2.05, 4.69) is 16.7 Å². The highest BCUT2D eigenvalue weighted by Crippen LogP contribution is 2.29. The van der Waals surface area contributed by atoms with Crippen LogP contribution in [-0.2, 0) is 0 Å². The number of benzene rings is 2. The van der Waals surface area contributed by atoms with E-state index in [1.54, 1.807) is 14.2 Å². The van der Waals surface area contributed by atoms with Crippen LogP contribution >= 0.6 is 0 Å². The molecular formula is C25H33N3O3. The molecular weight excluding hydrogens is 390 g/mol. The Morgan fingerprint density at radius 2 is 1.77 bits per heavy atom. The minimum Gasteiger partial charge on any atom is -0.497 e. The minimum absolute atomic E-state index is 0. The van der Waals surface area contributed by atoms with Gasteiger partial charge >= 0.3 is 0 Å². The van der Waals surface area contributed by atoms with Crippen molar-refractivity contribution in [2.45, 2.75) is 19.8 Å². The molecule has 0 spiro atoms. The molecule has 2 aromatic carbocycles. The number of amides is 1. The number of nitrogens with one attached hydrogen (secondary N) is 2. The molecule has 0 bridgehead atoms. The highest BCUT2D eigenvalue weighted by molar-refractivity contribution is 5.94. The summed E-state index contributed by atoms with van der Waals surface area (Å²) < 4.78 is 10.6. The van der Waals surface area contributed by atoms with Crippen molar-refractivity contribution in [3.05, 3.63) is 72.0 Å². The van der Waals surface area contributed by atoms with Crippen LogP contribution in [0.1, 0.15) is 31.6 Å². The maximum atomic E-state index is 13.1. The lowest BCUT2D eigenvalue weighted by molar-refractivity contribution is 0.0760. The van der Waals surface area contributed by atoms with E-state index < -0.39 is 0 Å². The first-order chi connectivity index (χ1) is 15.1. The molecule has 0 aromatic heterocycles. The van der Waals surface area contributed by atoms with Gasteiger partial charge in [0.1, 0.15) is 11.5 Å². The third-order valence-electron chi connectivity index (χ3n) is 5.21. The molecule has 1 amide bonds. The molecule has 2 aromatic rings. The number of anilines is 2. The fraction of sp³-hybridized carbons (Fsp3) is 0.320. The Morgan fingerprint density at radius 1 is 1.03 bits per heavy atom. The summed E-state index contributed by atoms with van der Waals surface area (Å²) in [6.45, 7) is 3.92. The van der Waals surface area contributed by atoms with Crippen molar-refractivity contribution in [3.63, 3.8) is 0 Å². The summed E-state index contributed by atoms with van der Waals surface area (Å²) in [5.41, 5.74) is 3.71. The van der Waals surface area contributed by atoms with Gasteiger partial charge < -0.3 is 25.0 Å². The van der Waals surface area contributed by atoms with Crippen molar-refractivity contribution in [1.29, 1.82) is 0 Å². The van der Waals surface area contributed by atoms with Gasteiger partial charge in [-0.3, -0.25) is 4.79 Å². The summed E-state index contributed by atoms with van der Waals surface area (Å²) in [6.07, 6.45) is 7.82. The summed E-state index contributed by atoms with van der Waals surface area (Å²) in [5.74, 6) is 1.56. The Morgan fingerprint density at radius 3 is 2.48 bits per heavy atom. The molecule has 1 heterocycles. The topological polar surface area (TPSA) is 62.8 Å². The fourth-order valence-corrected chi connectivity index (χ4v) is 3.50. The number of ether oxygens (including phenoxy) is 2. The van der Waals surface area contributed by atoms with Crippen molar-refractivity contribution in [1.82, 2.24) is 4.90 Å². The van der Waals surface area contributed by atoms with E-state index in [4.69, 9.17) is 9.47 Å². The van der Waals surface area contributed by atoms with Gasteiger partial charge in [-0.1, -0.05) is 12.2 Å². The highest BCUT2D eigenvalue weighted by atomic mass is 16.5. The Labute approximate surface area is 186 Å². The quantitative estimate of drug-likeness (QED) is 0.710. The number of hydrogen-bond donors (Lipinski definition) is 2. The van der Waals surface area contributed by atoms with Crippen molar-refractivity contribution >= 4 is 17.3 Å². The summed E-state index contributed by atoms with van der Waals surface area (Å²) in [6, 6.07) is 13.2. The second-order valence-corrected chi connectivity index (χ2v) is 7.31. The Kier molecular flexibility index (Phi) is 7.98. The third kappa shape index (κ3) is 6.04. The number of methoxy groups -OCH3 is 2. The maximum Gasteiger partial charge on any atom is 0.253 e. The van der Waals surface area contributed by atoms with Gasteiger partial charge in [0.15, 0.2) is 0 Å². The number of carbonyl (C=O) groups is 1. The predicted octanol–water partition coefficient (Wildman–Crippen LogP) is 5.17. The summed E-state index contributed by atoms with van der Waals surface area (Å²) in [4.78, 5) is 15.1. The number of allylic oxidation sites excluding steroid dienone is 4. The van der Waals surface area contributed by atoms with Crippen LogP contribution in [0.5, 0.6) is 11.5 Å². The molecule has 0 saturated heterocycles. The zero-order valence-corrected chi connectivity index (χ0v) is 18.5. The van der Waals surface area contributed by atoms with Crippen LogP contribution in [0.4, 0.5) is 11.4 Å². The van der Waals surface area contributed by atoms with Gasteiger partial charge in [-0.15, -0.1) is 0 Å². The lowest BCUT2D eigenvalue weighted by Crippen LogP contribution is -2.35. The molecule has 2 N–H and O–H groups in total. The molecule has 31 heavy (non-hydrogen) atoms. The SMILES string of the molecule is C/C=C\C=C1\CCCN(C(=O)c2ccc(OC)cc2)CCNc2cc(OC)ccc2N1.[HH]. The van der Waals surface area contributed by atoms with E-state index in [1.165, 1.54) is 0 Å². The van der Waals surface area contributed by atoms with Gasteiger partial charge in [-0.05, 0) is 62.2 Å². The van der Waals surface area contributed by atoms with Crippen LogP contribution < -0.4 is 20.1 Å². The van der Waals surface area contributed by atoms with Gasteiger partial charge in [0, 0.05) is 38.4 Å². The third-order valence-corrected chi connectivity index (χ3v) is 5.21. The first kappa shape index (κ1) is 22.3. The molecule has 3 rings (SSSR count). The Bertz CT molecular complexity index is 942. The second-order valence-electron chi connectivity index (χ2n) is 7.31. The van der Waals surface area contributed by atoms with Crippen LogP contribution in [-0.4, -0.2) is 44.7 Å². The van der Waals surface area contributed by atoms with E-state index in [1.807, 2.05) is 66.4 Å². The van der Waals surface area contributed by atoms with Crippen LogP contribution in [0.25, 0.3) is 0 Å². The zero-order chi connectivity index (χ0) is 22.1. The number of fused-ring (bicyclic) bond motifs is 1. The minimum atomic E-state index is 0. The number of nitrogens with zero attached hydrogens (tertiary/aromatic N) is 1. The molecule has 0 atom stereocenters. The summed E-state index contributed by atoms with van der Waals surface area (Å²) in [7, 11) is 3.28. The highest BCUT2D eigenvalue weighted by Gasteiger charge is 2.17. The molecule has 1 aliphatic rings. The summed E-state index contributed by atoms with van der Waals surface area (Å²) >= 11 is 0.